The topological polar surface area (TPSA) is 47.1 Å². The Kier molecular flexibility index (Phi) is 5.65. The second-order valence-electron chi connectivity index (χ2n) is 4.66. The van der Waals surface area contributed by atoms with E-state index in [4.69, 9.17) is 5.73 Å². The highest BCUT2D eigenvalue weighted by Crippen LogP contribution is 2.21. The number of rotatable bonds is 7. The Labute approximate surface area is 105 Å². The van der Waals surface area contributed by atoms with Crippen molar-refractivity contribution in [2.24, 2.45) is 5.73 Å². The minimum absolute atomic E-state index is 0.263. The maximum Gasteiger partial charge on any atom is 0.0948 e. The maximum atomic E-state index is 5.94. The number of aromatic nitrogens is 2. The van der Waals surface area contributed by atoms with Crippen LogP contribution in [0.15, 0.2) is 12.5 Å². The molecule has 1 heterocycles. The minimum atomic E-state index is 0.263. The van der Waals surface area contributed by atoms with Crippen molar-refractivity contribution in [2.75, 3.05) is 13.6 Å². The third-order valence-corrected chi connectivity index (χ3v) is 3.54. The van der Waals surface area contributed by atoms with Gasteiger partial charge in [0.15, 0.2) is 0 Å². The van der Waals surface area contributed by atoms with Crippen LogP contribution in [0.2, 0.25) is 0 Å². The normalized spacial score (nSPS) is 15.2. The first-order valence-electron chi connectivity index (χ1n) is 6.57. The number of aryl methyl sites for hydroxylation is 1. The summed E-state index contributed by atoms with van der Waals surface area (Å²) in [5, 5.41) is 0. The molecule has 1 rings (SSSR count). The summed E-state index contributed by atoms with van der Waals surface area (Å²) in [4.78, 5) is 6.60. The Hall–Kier alpha value is -0.870. The zero-order valence-electron chi connectivity index (χ0n) is 11.6. The summed E-state index contributed by atoms with van der Waals surface area (Å²) in [6.07, 6.45) is 6.23. The molecular formula is C13H26N4. The molecule has 2 unspecified atom stereocenters. The van der Waals surface area contributed by atoms with Gasteiger partial charge in [0.25, 0.3) is 0 Å². The molecule has 0 fully saturated rings. The van der Waals surface area contributed by atoms with Crippen molar-refractivity contribution in [3.8, 4) is 0 Å². The Morgan fingerprint density at radius 3 is 2.71 bits per heavy atom. The van der Waals surface area contributed by atoms with Crippen LogP contribution in [0, 0.1) is 0 Å². The van der Waals surface area contributed by atoms with Gasteiger partial charge in [-0.05, 0) is 27.3 Å². The third kappa shape index (κ3) is 3.30. The van der Waals surface area contributed by atoms with Crippen LogP contribution >= 0.6 is 0 Å². The number of hydrogen-bond acceptors (Lipinski definition) is 3. The van der Waals surface area contributed by atoms with Crippen LogP contribution in [0.1, 0.15) is 45.3 Å². The zero-order valence-corrected chi connectivity index (χ0v) is 11.6. The summed E-state index contributed by atoms with van der Waals surface area (Å²) in [7, 11) is 2.16. The van der Waals surface area contributed by atoms with Crippen LogP contribution in [0.3, 0.4) is 0 Å². The SMILES string of the molecule is CCCC(C)N(C)C(CN)c1cncn1CC. The fourth-order valence-electron chi connectivity index (χ4n) is 2.30. The second kappa shape index (κ2) is 6.77. The van der Waals surface area contributed by atoms with Crippen LogP contribution in [0.4, 0.5) is 0 Å². The number of nitrogens with two attached hydrogens (primary N) is 1. The molecule has 0 aliphatic rings. The Morgan fingerprint density at radius 1 is 1.47 bits per heavy atom. The molecule has 0 spiro atoms. The summed E-state index contributed by atoms with van der Waals surface area (Å²) in [5.41, 5.74) is 7.16. The van der Waals surface area contributed by atoms with Gasteiger partial charge in [0.2, 0.25) is 0 Å². The van der Waals surface area contributed by atoms with E-state index < -0.39 is 0 Å². The van der Waals surface area contributed by atoms with Crippen molar-refractivity contribution in [1.29, 1.82) is 0 Å². The van der Waals surface area contributed by atoms with E-state index >= 15 is 0 Å². The van der Waals surface area contributed by atoms with E-state index in [9.17, 15) is 0 Å². The lowest BCUT2D eigenvalue weighted by Crippen LogP contribution is -2.38. The Morgan fingerprint density at radius 2 is 2.18 bits per heavy atom. The number of hydrogen-bond donors (Lipinski definition) is 1. The van der Waals surface area contributed by atoms with Crippen LogP contribution in [0.5, 0.6) is 0 Å². The average molecular weight is 238 g/mol. The molecular weight excluding hydrogens is 212 g/mol. The zero-order chi connectivity index (χ0) is 12.8. The lowest BCUT2D eigenvalue weighted by Gasteiger charge is -2.32. The molecule has 0 aliphatic heterocycles. The first-order chi connectivity index (χ1) is 8.15. The molecule has 0 radical (unpaired) electrons. The highest BCUT2D eigenvalue weighted by molar-refractivity contribution is 5.06. The van der Waals surface area contributed by atoms with Crippen LogP contribution < -0.4 is 5.73 Å². The lowest BCUT2D eigenvalue weighted by molar-refractivity contribution is 0.173. The van der Waals surface area contributed by atoms with E-state index in [1.54, 1.807) is 0 Å². The van der Waals surface area contributed by atoms with Gasteiger partial charge in [0.1, 0.15) is 0 Å². The molecule has 2 atom stereocenters. The molecule has 0 aromatic carbocycles. The minimum Gasteiger partial charge on any atom is -0.333 e. The van der Waals surface area contributed by atoms with E-state index in [-0.39, 0.29) is 6.04 Å². The van der Waals surface area contributed by atoms with Crippen molar-refractivity contribution < 1.29 is 0 Å². The van der Waals surface area contributed by atoms with E-state index in [0.29, 0.717) is 12.6 Å². The number of imidazole rings is 1. The predicted octanol–water partition coefficient (Wildman–Crippen LogP) is 2.02. The second-order valence-corrected chi connectivity index (χ2v) is 4.66. The molecule has 0 saturated heterocycles. The number of nitrogens with zero attached hydrogens (tertiary/aromatic N) is 3. The third-order valence-electron chi connectivity index (χ3n) is 3.54. The van der Waals surface area contributed by atoms with Gasteiger partial charge in [-0.15, -0.1) is 0 Å². The van der Waals surface area contributed by atoms with Crippen molar-refractivity contribution in [3.63, 3.8) is 0 Å². The van der Waals surface area contributed by atoms with Gasteiger partial charge in [-0.1, -0.05) is 13.3 Å². The van der Waals surface area contributed by atoms with Crippen LogP contribution in [0.25, 0.3) is 0 Å². The maximum absolute atomic E-state index is 5.94. The number of likely N-dealkylation sites (N-methyl/N-ethyl adjacent to an activating group) is 1. The van der Waals surface area contributed by atoms with Gasteiger partial charge in [-0.2, -0.15) is 0 Å². The highest BCUT2D eigenvalue weighted by Gasteiger charge is 2.22. The fraction of sp³-hybridized carbons (Fsp3) is 0.769. The molecule has 0 amide bonds. The lowest BCUT2D eigenvalue weighted by atomic mass is 10.1. The standard InChI is InChI=1S/C13H26N4/c1-5-7-11(3)16(4)12(8-14)13-9-15-10-17(13)6-2/h9-12H,5-8,14H2,1-4H3. The smallest absolute Gasteiger partial charge is 0.0948 e. The fourth-order valence-corrected chi connectivity index (χ4v) is 2.30. The van der Waals surface area contributed by atoms with E-state index in [1.165, 1.54) is 18.5 Å². The molecule has 17 heavy (non-hydrogen) atoms. The molecule has 98 valence electrons. The van der Waals surface area contributed by atoms with Gasteiger partial charge in [-0.25, -0.2) is 4.98 Å². The summed E-state index contributed by atoms with van der Waals surface area (Å²) < 4.78 is 2.17. The first kappa shape index (κ1) is 14.2. The Bertz CT molecular complexity index is 321. The quantitative estimate of drug-likeness (QED) is 0.790. The van der Waals surface area contributed by atoms with Crippen LogP contribution in [-0.4, -0.2) is 34.1 Å². The summed E-state index contributed by atoms with van der Waals surface area (Å²) in [5.74, 6) is 0. The highest BCUT2D eigenvalue weighted by atomic mass is 15.2. The molecule has 0 aliphatic carbocycles. The molecule has 4 heteroatoms. The largest absolute Gasteiger partial charge is 0.333 e. The Balaban J connectivity index is 2.83. The van der Waals surface area contributed by atoms with Crippen molar-refractivity contribution in [3.05, 3.63) is 18.2 Å². The van der Waals surface area contributed by atoms with Crippen molar-refractivity contribution in [2.45, 2.75) is 52.2 Å². The average Bonchev–Trinajstić information content (AvgIpc) is 2.78. The monoisotopic (exact) mass is 238 g/mol. The predicted molar refractivity (Wildman–Crippen MR) is 71.8 cm³/mol. The van der Waals surface area contributed by atoms with E-state index in [2.05, 4.69) is 42.3 Å². The molecule has 4 nitrogen and oxygen atoms in total. The summed E-state index contributed by atoms with van der Waals surface area (Å²) in [6.45, 7) is 8.20. The van der Waals surface area contributed by atoms with Crippen LogP contribution in [-0.2, 0) is 6.54 Å². The summed E-state index contributed by atoms with van der Waals surface area (Å²) in [6, 6.07) is 0.813. The first-order valence-corrected chi connectivity index (χ1v) is 6.57. The van der Waals surface area contributed by atoms with E-state index in [1.807, 2.05) is 12.5 Å². The van der Waals surface area contributed by atoms with Crippen molar-refractivity contribution >= 4 is 0 Å². The van der Waals surface area contributed by atoms with Gasteiger partial charge in [0, 0.05) is 25.3 Å². The van der Waals surface area contributed by atoms with Gasteiger partial charge in [-0.3, -0.25) is 4.90 Å². The molecule has 0 saturated carbocycles. The van der Waals surface area contributed by atoms with Gasteiger partial charge >= 0.3 is 0 Å². The van der Waals surface area contributed by atoms with Gasteiger partial charge < -0.3 is 10.3 Å². The van der Waals surface area contributed by atoms with E-state index in [0.717, 1.165) is 6.54 Å². The molecule has 1 aromatic rings. The molecule has 1 aromatic heterocycles. The van der Waals surface area contributed by atoms with Crippen molar-refractivity contribution in [1.82, 2.24) is 14.5 Å². The molecule has 0 bridgehead atoms. The molecule has 2 N–H and O–H groups in total. The van der Waals surface area contributed by atoms with Gasteiger partial charge in [0.05, 0.1) is 18.1 Å². The summed E-state index contributed by atoms with van der Waals surface area (Å²) >= 11 is 0.